The fraction of sp³-hybridized carbons (Fsp3) is 0.615. The van der Waals surface area contributed by atoms with E-state index in [4.69, 9.17) is 20.3 Å². The fourth-order valence-corrected chi connectivity index (χ4v) is 1.84. The largest absolute Gasteiger partial charge is 0.480 e. The first kappa shape index (κ1) is 17.0. The SMILES string of the molecule is CC1(OC(=O)N[C@@H](CC/C=C/C(N)=O)C(=O)O)CCOC1. The molecule has 2 atom stereocenters. The third-order valence-electron chi connectivity index (χ3n) is 3.02. The third-order valence-corrected chi connectivity index (χ3v) is 3.02. The fourth-order valence-electron chi connectivity index (χ4n) is 1.84. The van der Waals surface area contributed by atoms with Gasteiger partial charge in [0.25, 0.3) is 0 Å². The molecule has 0 aromatic rings. The van der Waals surface area contributed by atoms with E-state index in [2.05, 4.69) is 5.32 Å². The Morgan fingerprint density at radius 2 is 2.24 bits per heavy atom. The van der Waals surface area contributed by atoms with Gasteiger partial charge in [0, 0.05) is 6.42 Å². The van der Waals surface area contributed by atoms with E-state index < -0.39 is 29.6 Å². The highest BCUT2D eigenvalue weighted by molar-refractivity contribution is 5.85. The summed E-state index contributed by atoms with van der Waals surface area (Å²) in [5.74, 6) is -1.78. The van der Waals surface area contributed by atoms with Gasteiger partial charge in [0.2, 0.25) is 5.91 Å². The summed E-state index contributed by atoms with van der Waals surface area (Å²) in [6.07, 6.45) is 2.79. The number of hydrogen-bond donors (Lipinski definition) is 3. The third kappa shape index (κ3) is 6.26. The lowest BCUT2D eigenvalue weighted by Crippen LogP contribution is -2.45. The van der Waals surface area contributed by atoms with Crippen molar-refractivity contribution in [3.05, 3.63) is 12.2 Å². The zero-order chi connectivity index (χ0) is 15.9. The van der Waals surface area contributed by atoms with Gasteiger partial charge in [-0.2, -0.15) is 0 Å². The topological polar surface area (TPSA) is 128 Å². The highest BCUT2D eigenvalue weighted by atomic mass is 16.6. The van der Waals surface area contributed by atoms with Crippen molar-refractivity contribution in [2.24, 2.45) is 5.73 Å². The number of aliphatic carboxylic acids is 1. The highest BCUT2D eigenvalue weighted by Gasteiger charge is 2.34. The summed E-state index contributed by atoms with van der Waals surface area (Å²) in [5, 5.41) is 11.3. The van der Waals surface area contributed by atoms with E-state index in [1.165, 1.54) is 6.08 Å². The number of allylic oxidation sites excluding steroid dienone is 1. The molecule has 0 aromatic heterocycles. The summed E-state index contributed by atoms with van der Waals surface area (Å²) in [5.41, 5.74) is 4.19. The first-order valence-electron chi connectivity index (χ1n) is 6.58. The van der Waals surface area contributed by atoms with E-state index in [0.717, 1.165) is 6.08 Å². The van der Waals surface area contributed by atoms with Crippen LogP contribution in [0.5, 0.6) is 0 Å². The standard InChI is InChI=1S/C13H20N2O6/c1-13(6-7-20-8-13)21-12(19)15-9(11(17)18)4-2-3-5-10(14)16/h3,5,9H,2,4,6-8H2,1H3,(H2,14,16)(H,15,19)(H,17,18)/b5-3+/t9-,13?/m0/s1. The summed E-state index contributed by atoms with van der Waals surface area (Å²) in [7, 11) is 0. The average Bonchev–Trinajstić information content (AvgIpc) is 2.78. The quantitative estimate of drug-likeness (QED) is 0.575. The number of primary amides is 1. The maximum absolute atomic E-state index is 11.7. The average molecular weight is 300 g/mol. The van der Waals surface area contributed by atoms with Gasteiger partial charge in [-0.15, -0.1) is 0 Å². The second-order valence-corrected chi connectivity index (χ2v) is 5.06. The maximum atomic E-state index is 11.7. The summed E-state index contributed by atoms with van der Waals surface area (Å²) in [4.78, 5) is 33.3. The van der Waals surface area contributed by atoms with Crippen molar-refractivity contribution in [3.63, 3.8) is 0 Å². The molecule has 0 bridgehead atoms. The number of amides is 2. The molecular weight excluding hydrogens is 280 g/mol. The van der Waals surface area contributed by atoms with Gasteiger partial charge in [-0.3, -0.25) is 4.79 Å². The first-order valence-corrected chi connectivity index (χ1v) is 6.58. The number of ether oxygens (including phenoxy) is 2. The second kappa shape index (κ2) is 7.63. The van der Waals surface area contributed by atoms with Crippen LogP contribution >= 0.6 is 0 Å². The minimum Gasteiger partial charge on any atom is -0.480 e. The van der Waals surface area contributed by atoms with Crippen LogP contribution in [-0.4, -0.2) is 47.9 Å². The molecule has 0 saturated carbocycles. The van der Waals surface area contributed by atoms with Gasteiger partial charge in [-0.05, 0) is 25.8 Å². The predicted molar refractivity (Wildman–Crippen MR) is 72.4 cm³/mol. The molecule has 2 amide bonds. The molecule has 1 aliphatic rings. The van der Waals surface area contributed by atoms with E-state index in [0.29, 0.717) is 26.1 Å². The van der Waals surface area contributed by atoms with Crippen molar-refractivity contribution in [2.45, 2.75) is 37.8 Å². The van der Waals surface area contributed by atoms with Crippen molar-refractivity contribution in [1.29, 1.82) is 0 Å². The van der Waals surface area contributed by atoms with Crippen LogP contribution in [0.4, 0.5) is 4.79 Å². The van der Waals surface area contributed by atoms with E-state index >= 15 is 0 Å². The second-order valence-electron chi connectivity index (χ2n) is 5.06. The van der Waals surface area contributed by atoms with Crippen LogP contribution in [0.25, 0.3) is 0 Å². The summed E-state index contributed by atoms with van der Waals surface area (Å²) in [6, 6.07) is -1.10. The summed E-state index contributed by atoms with van der Waals surface area (Å²) in [6.45, 7) is 2.52. The molecule has 1 saturated heterocycles. The van der Waals surface area contributed by atoms with E-state index in [1.807, 2.05) is 0 Å². The maximum Gasteiger partial charge on any atom is 0.408 e. The van der Waals surface area contributed by atoms with Gasteiger partial charge in [0.15, 0.2) is 0 Å². The molecule has 0 aliphatic carbocycles. The molecular formula is C13H20N2O6. The van der Waals surface area contributed by atoms with Crippen LogP contribution in [0.15, 0.2) is 12.2 Å². The number of nitrogens with one attached hydrogen (secondary N) is 1. The Hall–Kier alpha value is -2.09. The van der Waals surface area contributed by atoms with Crippen LogP contribution < -0.4 is 11.1 Å². The van der Waals surface area contributed by atoms with Crippen molar-refractivity contribution < 1.29 is 29.0 Å². The minimum atomic E-state index is -1.17. The molecule has 1 heterocycles. The number of carbonyl (C=O) groups excluding carboxylic acids is 2. The Balaban J connectivity index is 2.44. The van der Waals surface area contributed by atoms with Crippen molar-refractivity contribution in [3.8, 4) is 0 Å². The smallest absolute Gasteiger partial charge is 0.408 e. The molecule has 21 heavy (non-hydrogen) atoms. The Morgan fingerprint density at radius 3 is 2.76 bits per heavy atom. The molecule has 0 aromatic carbocycles. The molecule has 1 rings (SSSR count). The van der Waals surface area contributed by atoms with Crippen LogP contribution in [0, 0.1) is 0 Å². The van der Waals surface area contributed by atoms with Gasteiger partial charge >= 0.3 is 12.1 Å². The lowest BCUT2D eigenvalue weighted by molar-refractivity contribution is -0.139. The number of rotatable bonds is 7. The Morgan fingerprint density at radius 1 is 1.52 bits per heavy atom. The molecule has 1 unspecified atom stereocenters. The van der Waals surface area contributed by atoms with Crippen molar-refractivity contribution >= 4 is 18.0 Å². The number of carboxylic acids is 1. The molecule has 0 spiro atoms. The number of hydrogen-bond acceptors (Lipinski definition) is 5. The summed E-state index contributed by atoms with van der Waals surface area (Å²) >= 11 is 0. The zero-order valence-corrected chi connectivity index (χ0v) is 11.8. The van der Waals surface area contributed by atoms with Gasteiger partial charge in [-0.25, -0.2) is 9.59 Å². The number of nitrogens with two attached hydrogens (primary N) is 1. The van der Waals surface area contributed by atoms with E-state index in [1.54, 1.807) is 6.92 Å². The predicted octanol–water partition coefficient (Wildman–Crippen LogP) is 0.167. The van der Waals surface area contributed by atoms with Gasteiger partial charge in [0.1, 0.15) is 11.6 Å². The Bertz CT molecular complexity index is 428. The van der Waals surface area contributed by atoms with Crippen LogP contribution in [-0.2, 0) is 19.1 Å². The molecule has 1 aliphatic heterocycles. The van der Waals surface area contributed by atoms with Crippen molar-refractivity contribution in [1.82, 2.24) is 5.32 Å². The highest BCUT2D eigenvalue weighted by Crippen LogP contribution is 2.22. The molecule has 4 N–H and O–H groups in total. The Labute approximate surface area is 122 Å². The number of carbonyl (C=O) groups is 3. The number of alkyl carbamates (subject to hydrolysis) is 1. The lowest BCUT2D eigenvalue weighted by Gasteiger charge is -2.23. The summed E-state index contributed by atoms with van der Waals surface area (Å²) < 4.78 is 10.3. The first-order chi connectivity index (χ1) is 9.82. The minimum absolute atomic E-state index is 0.126. The van der Waals surface area contributed by atoms with Gasteiger partial charge < -0.3 is 25.6 Å². The molecule has 8 nitrogen and oxygen atoms in total. The molecule has 118 valence electrons. The zero-order valence-electron chi connectivity index (χ0n) is 11.8. The molecule has 1 fully saturated rings. The van der Waals surface area contributed by atoms with Crippen molar-refractivity contribution in [2.75, 3.05) is 13.2 Å². The van der Waals surface area contributed by atoms with Crippen LogP contribution in [0.2, 0.25) is 0 Å². The van der Waals surface area contributed by atoms with E-state index in [-0.39, 0.29) is 6.42 Å². The monoisotopic (exact) mass is 300 g/mol. The van der Waals surface area contributed by atoms with Crippen LogP contribution in [0.1, 0.15) is 26.2 Å². The normalized spacial score (nSPS) is 22.9. The lowest BCUT2D eigenvalue weighted by atomic mass is 10.1. The number of carboxylic acid groups (broad SMARTS) is 1. The van der Waals surface area contributed by atoms with Gasteiger partial charge in [-0.1, -0.05) is 6.08 Å². The molecule has 0 radical (unpaired) electrons. The van der Waals surface area contributed by atoms with Crippen LogP contribution in [0.3, 0.4) is 0 Å². The molecule has 8 heteroatoms. The van der Waals surface area contributed by atoms with E-state index in [9.17, 15) is 14.4 Å². The Kier molecular flexibility index (Phi) is 6.16. The van der Waals surface area contributed by atoms with Gasteiger partial charge in [0.05, 0.1) is 13.2 Å².